The average molecular weight is 583 g/mol. The average Bonchev–Trinajstić information content (AvgIpc) is 3.53. The van der Waals surface area contributed by atoms with E-state index in [1.165, 1.54) is 23.6 Å². The molecule has 3 rings (SSSR count). The normalized spacial score (nSPS) is 20.9. The van der Waals surface area contributed by atoms with Crippen LogP contribution in [0.5, 0.6) is 0 Å². The minimum Gasteiger partial charge on any atom is -0.466 e. The molecule has 0 amide bonds. The van der Waals surface area contributed by atoms with Crippen LogP contribution in [0.3, 0.4) is 0 Å². The summed E-state index contributed by atoms with van der Waals surface area (Å²) in [7, 11) is -3.31. The second kappa shape index (κ2) is 12.5. The van der Waals surface area contributed by atoms with Crippen molar-refractivity contribution >= 4 is 33.0 Å². The molecule has 1 fully saturated rings. The van der Waals surface area contributed by atoms with Crippen molar-refractivity contribution in [2.24, 2.45) is 0 Å². The summed E-state index contributed by atoms with van der Waals surface area (Å²) in [6.45, 7) is 21.0. The summed E-state index contributed by atoms with van der Waals surface area (Å²) in [4.78, 5) is 11.6. The first-order chi connectivity index (χ1) is 18.6. The van der Waals surface area contributed by atoms with E-state index in [0.29, 0.717) is 6.61 Å². The van der Waals surface area contributed by atoms with Crippen molar-refractivity contribution in [3.05, 3.63) is 72.8 Å². The highest BCUT2D eigenvalue weighted by molar-refractivity contribution is 6.99. The highest BCUT2D eigenvalue weighted by Crippen LogP contribution is 2.45. The zero-order valence-corrected chi connectivity index (χ0v) is 28.2. The first kappa shape index (κ1) is 32.5. The molecule has 0 unspecified atom stereocenters. The maximum absolute atomic E-state index is 11.6. The third-order valence-corrected chi connectivity index (χ3v) is 18.2. The number of rotatable bonds is 12. The Morgan fingerprint density at radius 1 is 0.950 bits per heavy atom. The van der Waals surface area contributed by atoms with Crippen LogP contribution in [0.1, 0.15) is 61.3 Å². The van der Waals surface area contributed by atoms with E-state index in [1.807, 2.05) is 0 Å². The Kier molecular flexibility index (Phi) is 10.1. The van der Waals surface area contributed by atoms with Gasteiger partial charge in [0.15, 0.2) is 8.32 Å². The molecule has 7 heteroatoms. The number of hydrogen-bond acceptors (Lipinski definition) is 5. The molecule has 1 heterocycles. The van der Waals surface area contributed by atoms with Crippen molar-refractivity contribution in [2.45, 2.75) is 102 Å². The van der Waals surface area contributed by atoms with Crippen molar-refractivity contribution in [1.29, 1.82) is 0 Å². The number of esters is 1. The molecule has 5 nitrogen and oxygen atoms in total. The number of carbonyl (C=O) groups is 1. The smallest absolute Gasteiger partial charge is 0.330 e. The Balaban J connectivity index is 1.88. The number of ether oxygens (including phenoxy) is 2. The predicted molar refractivity (Wildman–Crippen MR) is 169 cm³/mol. The molecule has 0 N–H and O–H groups in total. The molecule has 0 spiro atoms. The number of hydrogen-bond donors (Lipinski definition) is 0. The van der Waals surface area contributed by atoms with Crippen molar-refractivity contribution < 1.29 is 23.1 Å². The molecule has 1 aliphatic rings. The van der Waals surface area contributed by atoms with Gasteiger partial charge in [-0.3, -0.25) is 0 Å². The zero-order chi connectivity index (χ0) is 29.8. The van der Waals surface area contributed by atoms with Crippen molar-refractivity contribution in [1.82, 2.24) is 0 Å². The quantitative estimate of drug-likeness (QED) is 0.122. The lowest BCUT2D eigenvalue weighted by atomic mass is 9.98. The van der Waals surface area contributed by atoms with Crippen LogP contribution in [0.25, 0.3) is 0 Å². The van der Waals surface area contributed by atoms with Crippen LogP contribution in [0.4, 0.5) is 0 Å². The summed E-state index contributed by atoms with van der Waals surface area (Å²) in [5.41, 5.74) is -0.380. The van der Waals surface area contributed by atoms with Crippen LogP contribution in [0, 0.1) is 0 Å². The van der Waals surface area contributed by atoms with Gasteiger partial charge >= 0.3 is 5.97 Å². The van der Waals surface area contributed by atoms with Gasteiger partial charge in [0.1, 0.15) is 6.10 Å². The molecular formula is C33H50O5Si2. The SMILES string of the molecule is COC(=O)/C=C/[C@H]1O[C@]1(C)C[C@@H](CCO[Si](c1ccccc1)(c1ccccc1)C(C)(C)C)O[Si](C)(C)C(C)(C)C. The molecular weight excluding hydrogens is 533 g/mol. The summed E-state index contributed by atoms with van der Waals surface area (Å²) in [5.74, 6) is -0.370. The van der Waals surface area contributed by atoms with E-state index in [1.54, 1.807) is 6.08 Å². The summed E-state index contributed by atoms with van der Waals surface area (Å²) in [5, 5.41) is 2.56. The van der Waals surface area contributed by atoms with Gasteiger partial charge in [0.25, 0.3) is 8.32 Å². The van der Waals surface area contributed by atoms with E-state index in [0.717, 1.165) is 12.8 Å². The Hall–Kier alpha value is -2.04. The van der Waals surface area contributed by atoms with Gasteiger partial charge in [-0.25, -0.2) is 4.79 Å². The standard InChI is InChI=1S/C33H50O5Si2/c1-31(2,3)39(9,10)38-26(25-33(7)29(37-33)21-22-30(34)35-8)23-24-36-40(32(4,5)6,27-17-13-11-14-18-27)28-19-15-12-16-20-28/h11-22,26,29H,23-25H2,1-10H3/b22-21+/t26-,29-,33-/m1/s1. The fourth-order valence-electron chi connectivity index (χ4n) is 5.25. The van der Waals surface area contributed by atoms with Crippen LogP contribution in [0.2, 0.25) is 23.2 Å². The largest absolute Gasteiger partial charge is 0.466 e. The highest BCUT2D eigenvalue weighted by Gasteiger charge is 2.53. The lowest BCUT2D eigenvalue weighted by molar-refractivity contribution is -0.134. The van der Waals surface area contributed by atoms with Gasteiger partial charge in [-0.1, -0.05) is 102 Å². The minimum absolute atomic E-state index is 0.0272. The van der Waals surface area contributed by atoms with E-state index in [-0.39, 0.29) is 33.9 Å². The van der Waals surface area contributed by atoms with Crippen LogP contribution in [0.15, 0.2) is 72.8 Å². The lowest BCUT2D eigenvalue weighted by Gasteiger charge is -2.44. The molecule has 40 heavy (non-hydrogen) atoms. The fraction of sp³-hybridized carbons (Fsp3) is 0.545. The van der Waals surface area contributed by atoms with Crippen molar-refractivity contribution in [2.75, 3.05) is 13.7 Å². The minimum atomic E-state index is -2.64. The van der Waals surface area contributed by atoms with Crippen LogP contribution >= 0.6 is 0 Å². The van der Waals surface area contributed by atoms with Crippen molar-refractivity contribution in [3.63, 3.8) is 0 Å². The van der Waals surface area contributed by atoms with Gasteiger partial charge in [0.2, 0.25) is 0 Å². The van der Waals surface area contributed by atoms with Crippen LogP contribution < -0.4 is 10.4 Å². The van der Waals surface area contributed by atoms with Gasteiger partial charge in [0, 0.05) is 19.1 Å². The molecule has 1 saturated heterocycles. The molecule has 3 atom stereocenters. The number of epoxide rings is 1. The number of carbonyl (C=O) groups excluding carboxylic acids is 1. The van der Waals surface area contributed by atoms with E-state index >= 15 is 0 Å². The molecule has 0 radical (unpaired) electrons. The molecule has 0 bridgehead atoms. The van der Waals surface area contributed by atoms with E-state index in [9.17, 15) is 4.79 Å². The summed E-state index contributed by atoms with van der Waals surface area (Å²) in [6, 6.07) is 21.5. The lowest BCUT2D eigenvalue weighted by Crippen LogP contribution is -2.66. The Bertz CT molecular complexity index is 1100. The summed E-state index contributed by atoms with van der Waals surface area (Å²) in [6.07, 6.45) is 4.60. The third kappa shape index (κ3) is 7.42. The van der Waals surface area contributed by atoms with Gasteiger partial charge in [-0.2, -0.15) is 0 Å². The van der Waals surface area contributed by atoms with Gasteiger partial charge in [-0.05, 0) is 53.0 Å². The molecule has 0 saturated carbocycles. The fourth-order valence-corrected chi connectivity index (χ4v) is 11.2. The van der Waals surface area contributed by atoms with Crippen molar-refractivity contribution in [3.8, 4) is 0 Å². The third-order valence-electron chi connectivity index (χ3n) is 8.62. The predicted octanol–water partition coefficient (Wildman–Crippen LogP) is 6.62. The van der Waals surface area contributed by atoms with E-state index < -0.39 is 16.6 Å². The number of methoxy groups -OCH3 is 1. The summed E-state index contributed by atoms with van der Waals surface area (Å²) >= 11 is 0. The van der Waals surface area contributed by atoms with E-state index in [2.05, 4.69) is 122 Å². The molecule has 0 aliphatic carbocycles. The highest BCUT2D eigenvalue weighted by atomic mass is 28.4. The molecule has 220 valence electrons. The van der Waals surface area contributed by atoms with Gasteiger partial charge < -0.3 is 18.3 Å². The first-order valence-corrected chi connectivity index (χ1v) is 19.2. The molecule has 0 aromatic heterocycles. The first-order valence-electron chi connectivity index (χ1n) is 14.4. The van der Waals surface area contributed by atoms with Crippen LogP contribution in [-0.2, 0) is 23.1 Å². The Morgan fingerprint density at radius 3 is 1.93 bits per heavy atom. The molecule has 1 aliphatic heterocycles. The zero-order valence-electron chi connectivity index (χ0n) is 26.2. The van der Waals surface area contributed by atoms with Gasteiger partial charge in [0.05, 0.1) is 18.8 Å². The molecule has 2 aromatic rings. The maximum atomic E-state index is 11.6. The van der Waals surface area contributed by atoms with E-state index in [4.69, 9.17) is 18.3 Å². The monoisotopic (exact) mass is 582 g/mol. The summed E-state index contributed by atoms with van der Waals surface area (Å²) < 4.78 is 25.0. The van der Waals surface area contributed by atoms with Crippen LogP contribution in [-0.4, -0.2) is 54.1 Å². The maximum Gasteiger partial charge on any atom is 0.330 e. The van der Waals surface area contributed by atoms with Gasteiger partial charge in [-0.15, -0.1) is 0 Å². The topological polar surface area (TPSA) is 57.3 Å². The second-order valence-electron chi connectivity index (χ2n) is 13.7. The number of benzene rings is 2. The second-order valence-corrected chi connectivity index (χ2v) is 22.8. The Morgan fingerprint density at radius 2 is 1.48 bits per heavy atom. The molecule has 2 aromatic carbocycles. The Labute approximate surface area is 244 Å².